The molecule has 14 heavy (non-hydrogen) atoms. The van der Waals surface area contributed by atoms with Crippen LogP contribution >= 0.6 is 0 Å². The maximum atomic E-state index is 12.7. The van der Waals surface area contributed by atoms with Gasteiger partial charge in [-0.2, -0.15) is 13.2 Å². The smallest absolute Gasteiger partial charge is 0.380 e. The predicted octanol–water partition coefficient (Wildman–Crippen LogP) is 1.43. The van der Waals surface area contributed by atoms with E-state index in [0.717, 1.165) is 0 Å². The molecule has 2 nitrogen and oxygen atoms in total. The van der Waals surface area contributed by atoms with E-state index in [1.54, 1.807) is 0 Å². The zero-order chi connectivity index (χ0) is 10.6. The largest absolute Gasteiger partial charge is 0.417 e. The second-order valence-corrected chi connectivity index (χ2v) is 4.53. The Kier molecular flexibility index (Phi) is 2.09. The molecule has 2 saturated carbocycles. The molecule has 2 bridgehead atoms. The average molecular weight is 209 g/mol. The third-order valence-electron chi connectivity index (χ3n) is 3.74. The van der Waals surface area contributed by atoms with Crippen molar-refractivity contribution in [2.75, 3.05) is 0 Å². The van der Waals surface area contributed by atoms with Crippen molar-refractivity contribution in [1.82, 2.24) is 0 Å². The molecule has 2 rings (SSSR count). The van der Waals surface area contributed by atoms with E-state index in [1.807, 2.05) is 0 Å². The molecule has 2 fully saturated rings. The van der Waals surface area contributed by atoms with Crippen LogP contribution in [0.4, 0.5) is 13.2 Å². The van der Waals surface area contributed by atoms with Crippen molar-refractivity contribution in [2.45, 2.75) is 43.5 Å². The van der Waals surface area contributed by atoms with Crippen molar-refractivity contribution in [3.63, 3.8) is 0 Å². The van der Waals surface area contributed by atoms with Crippen LogP contribution in [0.2, 0.25) is 0 Å². The number of halogens is 3. The lowest BCUT2D eigenvalue weighted by Gasteiger charge is -2.42. The quantitative estimate of drug-likeness (QED) is 0.634. The van der Waals surface area contributed by atoms with Gasteiger partial charge in [0.05, 0.1) is 0 Å². The second kappa shape index (κ2) is 2.85. The molecule has 0 aromatic rings. The first-order valence-electron chi connectivity index (χ1n) is 4.90. The van der Waals surface area contributed by atoms with Crippen LogP contribution in [-0.2, 0) is 0 Å². The van der Waals surface area contributed by atoms with E-state index in [2.05, 4.69) is 0 Å². The summed E-state index contributed by atoms with van der Waals surface area (Å²) in [6, 6.07) is -0.171. The van der Waals surface area contributed by atoms with Crippen LogP contribution in [0.1, 0.15) is 25.7 Å². The molecule has 0 aliphatic heterocycles. The minimum Gasteiger partial charge on any atom is -0.380 e. The molecular weight excluding hydrogens is 195 g/mol. The minimum absolute atomic E-state index is 0.171. The Hall–Kier alpha value is -0.290. The zero-order valence-corrected chi connectivity index (χ0v) is 7.72. The van der Waals surface area contributed by atoms with E-state index in [9.17, 15) is 18.3 Å². The van der Waals surface area contributed by atoms with Gasteiger partial charge in [0, 0.05) is 6.04 Å². The van der Waals surface area contributed by atoms with Crippen LogP contribution < -0.4 is 5.73 Å². The molecule has 82 valence electrons. The van der Waals surface area contributed by atoms with Gasteiger partial charge in [-0.3, -0.25) is 0 Å². The fraction of sp³-hybridized carbons (Fsp3) is 1.00. The van der Waals surface area contributed by atoms with Crippen molar-refractivity contribution in [1.29, 1.82) is 0 Å². The van der Waals surface area contributed by atoms with Crippen LogP contribution in [0.5, 0.6) is 0 Å². The van der Waals surface area contributed by atoms with Crippen molar-refractivity contribution in [3.8, 4) is 0 Å². The highest BCUT2D eigenvalue weighted by Crippen LogP contribution is 2.56. The molecule has 0 aromatic carbocycles. The molecule has 2 aliphatic carbocycles. The summed E-state index contributed by atoms with van der Waals surface area (Å²) < 4.78 is 38.1. The topological polar surface area (TPSA) is 46.2 Å². The van der Waals surface area contributed by atoms with E-state index >= 15 is 0 Å². The first-order chi connectivity index (χ1) is 6.35. The molecule has 2 unspecified atom stereocenters. The third kappa shape index (κ3) is 1.18. The number of hydrogen-bond acceptors (Lipinski definition) is 2. The van der Waals surface area contributed by atoms with Crippen LogP contribution in [0.25, 0.3) is 0 Å². The fourth-order valence-electron chi connectivity index (χ4n) is 3.06. The Morgan fingerprint density at radius 3 is 1.93 bits per heavy atom. The second-order valence-electron chi connectivity index (χ2n) is 4.53. The molecule has 0 spiro atoms. The molecule has 0 radical (unpaired) electrons. The van der Waals surface area contributed by atoms with Gasteiger partial charge in [0.15, 0.2) is 5.60 Å². The van der Waals surface area contributed by atoms with Crippen LogP contribution in [0.15, 0.2) is 0 Å². The van der Waals surface area contributed by atoms with E-state index < -0.39 is 23.6 Å². The fourth-order valence-corrected chi connectivity index (χ4v) is 3.06. The van der Waals surface area contributed by atoms with Gasteiger partial charge in [-0.15, -0.1) is 0 Å². The normalized spacial score (nSPS) is 48.2. The van der Waals surface area contributed by atoms with Gasteiger partial charge in [0.25, 0.3) is 0 Å². The first-order valence-corrected chi connectivity index (χ1v) is 4.90. The Labute approximate surface area is 80.3 Å². The van der Waals surface area contributed by atoms with Crippen molar-refractivity contribution < 1.29 is 18.3 Å². The van der Waals surface area contributed by atoms with Gasteiger partial charge >= 0.3 is 6.18 Å². The highest BCUT2D eigenvalue weighted by Gasteiger charge is 2.66. The van der Waals surface area contributed by atoms with Crippen LogP contribution in [-0.4, -0.2) is 22.9 Å². The molecule has 0 heterocycles. The molecule has 0 amide bonds. The summed E-state index contributed by atoms with van der Waals surface area (Å²) in [7, 11) is 0. The van der Waals surface area contributed by atoms with Gasteiger partial charge in [-0.05, 0) is 37.5 Å². The SMILES string of the molecule is NC1CC2CCC(C1)C2(O)C(F)(F)F. The predicted molar refractivity (Wildman–Crippen MR) is 44.4 cm³/mol. The lowest BCUT2D eigenvalue weighted by Crippen LogP contribution is -2.57. The van der Waals surface area contributed by atoms with E-state index in [4.69, 9.17) is 5.73 Å². The number of fused-ring (bicyclic) bond motifs is 2. The first kappa shape index (κ1) is 10.2. The lowest BCUT2D eigenvalue weighted by atomic mass is 9.72. The molecular formula is C9H14F3NO. The third-order valence-corrected chi connectivity index (χ3v) is 3.74. The van der Waals surface area contributed by atoms with Gasteiger partial charge < -0.3 is 10.8 Å². The maximum absolute atomic E-state index is 12.7. The molecule has 2 atom stereocenters. The average Bonchev–Trinajstić information content (AvgIpc) is 2.29. The zero-order valence-electron chi connectivity index (χ0n) is 7.72. The van der Waals surface area contributed by atoms with Crippen molar-refractivity contribution in [2.24, 2.45) is 17.6 Å². The number of aliphatic hydroxyl groups is 1. The summed E-state index contributed by atoms with van der Waals surface area (Å²) in [5.41, 5.74) is 3.19. The van der Waals surface area contributed by atoms with E-state index in [1.165, 1.54) is 0 Å². The minimum atomic E-state index is -4.50. The summed E-state index contributed by atoms with van der Waals surface area (Å²) in [6.07, 6.45) is -3.00. The standard InChI is InChI=1S/C9H14F3NO/c10-9(11,12)8(14)5-1-2-6(8)4-7(13)3-5/h5-7,14H,1-4,13H2. The van der Waals surface area contributed by atoms with Crippen molar-refractivity contribution in [3.05, 3.63) is 0 Å². The summed E-state index contributed by atoms with van der Waals surface area (Å²) in [4.78, 5) is 0. The molecule has 5 heteroatoms. The maximum Gasteiger partial charge on any atom is 0.417 e. The number of hydrogen-bond donors (Lipinski definition) is 2. The molecule has 0 aromatic heterocycles. The number of alkyl halides is 3. The van der Waals surface area contributed by atoms with Crippen LogP contribution in [0, 0.1) is 11.8 Å². The Morgan fingerprint density at radius 1 is 1.14 bits per heavy atom. The van der Waals surface area contributed by atoms with Gasteiger partial charge in [-0.25, -0.2) is 0 Å². The Morgan fingerprint density at radius 2 is 1.57 bits per heavy atom. The van der Waals surface area contributed by atoms with Crippen LogP contribution in [0.3, 0.4) is 0 Å². The van der Waals surface area contributed by atoms with E-state index in [0.29, 0.717) is 25.7 Å². The van der Waals surface area contributed by atoms with Gasteiger partial charge in [-0.1, -0.05) is 0 Å². The summed E-state index contributed by atoms with van der Waals surface area (Å²) in [6.45, 7) is 0. The number of rotatable bonds is 0. The van der Waals surface area contributed by atoms with Gasteiger partial charge in [0.2, 0.25) is 0 Å². The summed E-state index contributed by atoms with van der Waals surface area (Å²) >= 11 is 0. The molecule has 3 N–H and O–H groups in total. The Bertz CT molecular complexity index is 227. The summed E-state index contributed by atoms with van der Waals surface area (Å²) in [5.74, 6) is -1.37. The lowest BCUT2D eigenvalue weighted by molar-refractivity contribution is -0.295. The molecule has 0 saturated heterocycles. The number of nitrogens with two attached hydrogens (primary N) is 1. The Balaban J connectivity index is 2.30. The summed E-state index contributed by atoms with van der Waals surface area (Å²) in [5, 5.41) is 9.74. The monoisotopic (exact) mass is 209 g/mol. The molecule has 2 aliphatic rings. The highest BCUT2D eigenvalue weighted by molar-refractivity contribution is 5.08. The van der Waals surface area contributed by atoms with Crippen molar-refractivity contribution >= 4 is 0 Å². The highest BCUT2D eigenvalue weighted by atomic mass is 19.4. The van der Waals surface area contributed by atoms with E-state index in [-0.39, 0.29) is 6.04 Å². The van der Waals surface area contributed by atoms with Gasteiger partial charge in [0.1, 0.15) is 0 Å².